The lowest BCUT2D eigenvalue weighted by Crippen LogP contribution is -2.05. The Morgan fingerprint density at radius 3 is 2.71 bits per heavy atom. The molecule has 0 N–H and O–H groups in total. The van der Waals surface area contributed by atoms with Crippen LogP contribution in [-0.4, -0.2) is 17.7 Å². The molecule has 1 aromatic carbocycles. The molecule has 0 aliphatic carbocycles. The fourth-order valence-corrected chi connectivity index (χ4v) is 1.33. The van der Waals surface area contributed by atoms with E-state index in [0.717, 1.165) is 5.56 Å². The van der Waals surface area contributed by atoms with Crippen molar-refractivity contribution in [2.75, 3.05) is 6.61 Å². The van der Waals surface area contributed by atoms with Gasteiger partial charge in [0.25, 0.3) is 0 Å². The van der Waals surface area contributed by atoms with Gasteiger partial charge in [0.2, 0.25) is 0 Å². The highest BCUT2D eigenvalue weighted by molar-refractivity contribution is 7.78. The monoisotopic (exact) mass is 267 g/mol. The summed E-state index contributed by atoms with van der Waals surface area (Å²) >= 11 is 10.2. The number of benzene rings is 1. The second kappa shape index (κ2) is 6.97. The summed E-state index contributed by atoms with van der Waals surface area (Å²) in [5, 5.41) is 2.78. The Labute approximate surface area is 110 Å². The largest absolute Gasteiger partial charge is 0.461 e. The molecule has 88 valence electrons. The molecular formula is C12H10ClNO2S. The zero-order chi connectivity index (χ0) is 12.7. The van der Waals surface area contributed by atoms with E-state index in [9.17, 15) is 4.79 Å². The number of isothiocyanates is 1. The summed E-state index contributed by atoms with van der Waals surface area (Å²) in [7, 11) is 0. The van der Waals surface area contributed by atoms with Gasteiger partial charge in [-0.15, -0.1) is 0 Å². The molecule has 17 heavy (non-hydrogen) atoms. The van der Waals surface area contributed by atoms with E-state index in [-0.39, 0.29) is 12.3 Å². The number of carbonyl (C=O) groups is 1. The summed E-state index contributed by atoms with van der Waals surface area (Å²) in [4.78, 5) is 15.2. The van der Waals surface area contributed by atoms with Crippen LogP contribution in [0.1, 0.15) is 12.5 Å². The SMILES string of the molecule is CCOC(=O)/C(=C/c1ccc(Cl)cc1)N=C=S. The summed E-state index contributed by atoms with van der Waals surface area (Å²) in [5.74, 6) is -0.528. The van der Waals surface area contributed by atoms with Gasteiger partial charge in [0.15, 0.2) is 5.70 Å². The second-order valence-electron chi connectivity index (χ2n) is 3.00. The van der Waals surface area contributed by atoms with E-state index in [2.05, 4.69) is 22.4 Å². The summed E-state index contributed by atoms with van der Waals surface area (Å²) in [5.41, 5.74) is 0.899. The molecule has 0 radical (unpaired) electrons. The third-order valence-electron chi connectivity index (χ3n) is 1.82. The molecule has 0 heterocycles. The summed E-state index contributed by atoms with van der Waals surface area (Å²) in [6.07, 6.45) is 1.56. The van der Waals surface area contributed by atoms with Crippen LogP contribution in [-0.2, 0) is 9.53 Å². The Bertz CT molecular complexity index is 476. The smallest absolute Gasteiger partial charge is 0.357 e. The number of aliphatic imine (C=N–C) groups is 1. The lowest BCUT2D eigenvalue weighted by atomic mass is 10.2. The number of hydrogen-bond acceptors (Lipinski definition) is 4. The van der Waals surface area contributed by atoms with Crippen molar-refractivity contribution < 1.29 is 9.53 Å². The molecule has 0 amide bonds. The van der Waals surface area contributed by atoms with E-state index in [0.29, 0.717) is 5.02 Å². The Kier molecular flexibility index (Phi) is 5.57. The van der Waals surface area contributed by atoms with Gasteiger partial charge in [-0.25, -0.2) is 4.79 Å². The van der Waals surface area contributed by atoms with Gasteiger partial charge in [0, 0.05) is 5.02 Å². The van der Waals surface area contributed by atoms with Gasteiger partial charge in [-0.3, -0.25) is 0 Å². The number of halogens is 1. The van der Waals surface area contributed by atoms with Crippen molar-refractivity contribution in [1.29, 1.82) is 0 Å². The molecule has 1 rings (SSSR count). The average molecular weight is 268 g/mol. The first kappa shape index (κ1) is 13.6. The van der Waals surface area contributed by atoms with Crippen molar-refractivity contribution in [3.05, 3.63) is 40.5 Å². The van der Waals surface area contributed by atoms with Crippen molar-refractivity contribution in [2.24, 2.45) is 4.99 Å². The predicted octanol–water partition coefficient (Wildman–Crippen LogP) is 3.35. The minimum atomic E-state index is -0.528. The van der Waals surface area contributed by atoms with Crippen LogP contribution in [0.5, 0.6) is 0 Å². The maximum Gasteiger partial charge on any atom is 0.357 e. The van der Waals surface area contributed by atoms with Crippen LogP contribution in [0.2, 0.25) is 5.02 Å². The number of thiocarbonyl (C=S) groups is 1. The van der Waals surface area contributed by atoms with E-state index in [1.54, 1.807) is 37.3 Å². The van der Waals surface area contributed by atoms with Gasteiger partial charge in [-0.1, -0.05) is 23.7 Å². The number of ether oxygens (including phenoxy) is 1. The van der Waals surface area contributed by atoms with E-state index in [1.807, 2.05) is 0 Å². The van der Waals surface area contributed by atoms with Crippen molar-refractivity contribution in [2.45, 2.75) is 6.92 Å². The zero-order valence-corrected chi connectivity index (χ0v) is 10.7. The van der Waals surface area contributed by atoms with Crippen LogP contribution >= 0.6 is 23.8 Å². The molecule has 0 aliphatic heterocycles. The molecule has 0 atom stereocenters. The Balaban J connectivity index is 3.01. The molecule has 1 aromatic rings. The third-order valence-corrected chi connectivity index (χ3v) is 2.17. The minimum absolute atomic E-state index is 0.115. The first-order chi connectivity index (χ1) is 8.17. The highest BCUT2D eigenvalue weighted by Gasteiger charge is 2.08. The Morgan fingerprint density at radius 2 is 2.18 bits per heavy atom. The van der Waals surface area contributed by atoms with Gasteiger partial charge < -0.3 is 4.74 Å². The van der Waals surface area contributed by atoms with Crippen LogP contribution in [0.15, 0.2) is 35.0 Å². The Morgan fingerprint density at radius 1 is 1.53 bits per heavy atom. The highest BCUT2D eigenvalue weighted by atomic mass is 35.5. The maximum atomic E-state index is 11.5. The molecule has 0 aromatic heterocycles. The van der Waals surface area contributed by atoms with E-state index in [4.69, 9.17) is 16.3 Å². The molecule has 0 saturated heterocycles. The first-order valence-electron chi connectivity index (χ1n) is 4.89. The number of nitrogens with zero attached hydrogens (tertiary/aromatic N) is 1. The molecule has 0 unspecified atom stereocenters. The van der Waals surface area contributed by atoms with E-state index in [1.165, 1.54) is 0 Å². The highest BCUT2D eigenvalue weighted by Crippen LogP contribution is 2.13. The van der Waals surface area contributed by atoms with Gasteiger partial charge in [0.05, 0.1) is 11.8 Å². The molecule has 0 saturated carbocycles. The van der Waals surface area contributed by atoms with Crippen LogP contribution in [0.4, 0.5) is 0 Å². The fourth-order valence-electron chi connectivity index (χ4n) is 1.11. The lowest BCUT2D eigenvalue weighted by molar-refractivity contribution is -0.138. The summed E-state index contributed by atoms with van der Waals surface area (Å²) in [6, 6.07) is 6.97. The number of hydrogen-bond donors (Lipinski definition) is 0. The van der Waals surface area contributed by atoms with Crippen LogP contribution in [0.3, 0.4) is 0 Å². The van der Waals surface area contributed by atoms with Crippen molar-refractivity contribution in [3.63, 3.8) is 0 Å². The van der Waals surface area contributed by atoms with Crippen molar-refractivity contribution in [1.82, 2.24) is 0 Å². The van der Waals surface area contributed by atoms with Crippen LogP contribution in [0, 0.1) is 0 Å². The fraction of sp³-hybridized carbons (Fsp3) is 0.167. The Hall–Kier alpha value is -1.48. The van der Waals surface area contributed by atoms with Crippen LogP contribution < -0.4 is 0 Å². The van der Waals surface area contributed by atoms with Gasteiger partial charge in [-0.2, -0.15) is 4.99 Å². The molecule has 0 fully saturated rings. The first-order valence-corrected chi connectivity index (χ1v) is 5.68. The number of esters is 1. The van der Waals surface area contributed by atoms with Gasteiger partial charge in [-0.05, 0) is 42.9 Å². The molecule has 0 bridgehead atoms. The average Bonchev–Trinajstić information content (AvgIpc) is 2.31. The zero-order valence-electron chi connectivity index (χ0n) is 9.14. The molecule has 0 spiro atoms. The van der Waals surface area contributed by atoms with Crippen molar-refractivity contribution >= 4 is 41.0 Å². The molecule has 5 heteroatoms. The summed E-state index contributed by atoms with van der Waals surface area (Å²) in [6.45, 7) is 2.00. The maximum absolute atomic E-state index is 11.5. The summed E-state index contributed by atoms with van der Waals surface area (Å²) < 4.78 is 4.84. The minimum Gasteiger partial charge on any atom is -0.461 e. The standard InChI is InChI=1S/C12H10ClNO2S/c1-2-16-12(15)11(14-8-17)7-9-3-5-10(13)6-4-9/h3-7H,2H2,1H3/b11-7-. The quantitative estimate of drug-likeness (QED) is 0.363. The van der Waals surface area contributed by atoms with E-state index >= 15 is 0 Å². The number of rotatable bonds is 4. The predicted molar refractivity (Wildman–Crippen MR) is 71.1 cm³/mol. The van der Waals surface area contributed by atoms with Crippen molar-refractivity contribution in [3.8, 4) is 0 Å². The van der Waals surface area contributed by atoms with Crippen LogP contribution in [0.25, 0.3) is 6.08 Å². The second-order valence-corrected chi connectivity index (χ2v) is 3.62. The topological polar surface area (TPSA) is 38.7 Å². The van der Waals surface area contributed by atoms with E-state index < -0.39 is 5.97 Å². The van der Waals surface area contributed by atoms with Gasteiger partial charge >= 0.3 is 5.97 Å². The third kappa shape index (κ3) is 4.49. The molecule has 3 nitrogen and oxygen atoms in total. The molecular weight excluding hydrogens is 258 g/mol. The molecule has 0 aliphatic rings. The van der Waals surface area contributed by atoms with Gasteiger partial charge in [0.1, 0.15) is 0 Å². The normalized spacial score (nSPS) is 10.6. The number of carbonyl (C=O) groups excluding carboxylic acids is 1. The lowest BCUT2D eigenvalue weighted by Gasteiger charge is -2.01.